The molecule has 0 spiro atoms. The van der Waals surface area contributed by atoms with E-state index in [1.807, 2.05) is 30.3 Å². The maximum Gasteiger partial charge on any atom is 0.209 e. The van der Waals surface area contributed by atoms with Gasteiger partial charge < -0.3 is 9.47 Å². The molecule has 0 aliphatic heterocycles. The Hall–Kier alpha value is -1.11. The molecule has 0 unspecified atom stereocenters. The number of ether oxygens (including phenoxy) is 2. The van der Waals surface area contributed by atoms with Crippen molar-refractivity contribution in [2.24, 2.45) is 5.14 Å². The molecule has 0 bridgehead atoms. The highest BCUT2D eigenvalue weighted by atomic mass is 32.2. The largest absolute Gasteiger partial charge is 0.491 e. The van der Waals surface area contributed by atoms with Crippen LogP contribution in [0.1, 0.15) is 6.42 Å². The topological polar surface area (TPSA) is 78.6 Å². The number of sulfonamides is 1. The first-order valence-electron chi connectivity index (χ1n) is 5.34. The first-order chi connectivity index (χ1) is 8.08. The Balaban J connectivity index is 1.99. The summed E-state index contributed by atoms with van der Waals surface area (Å²) in [5.41, 5.74) is 0. The second-order valence-electron chi connectivity index (χ2n) is 3.49. The van der Waals surface area contributed by atoms with Crippen LogP contribution >= 0.6 is 0 Å². The molecule has 17 heavy (non-hydrogen) atoms. The molecule has 1 aromatic carbocycles. The lowest BCUT2D eigenvalue weighted by atomic mass is 10.3. The first kappa shape index (κ1) is 14.0. The van der Waals surface area contributed by atoms with Crippen molar-refractivity contribution in [3.63, 3.8) is 0 Å². The molecule has 2 N–H and O–H groups in total. The van der Waals surface area contributed by atoms with Gasteiger partial charge in [0.1, 0.15) is 12.4 Å². The van der Waals surface area contributed by atoms with Crippen LogP contribution in [-0.4, -0.2) is 34.0 Å². The van der Waals surface area contributed by atoms with E-state index in [1.54, 1.807) is 0 Å². The number of nitrogens with two attached hydrogens (primary N) is 1. The predicted octanol–water partition coefficient (Wildman–Crippen LogP) is 0.761. The van der Waals surface area contributed by atoms with Crippen LogP contribution in [0.5, 0.6) is 5.75 Å². The normalized spacial score (nSPS) is 11.4. The van der Waals surface area contributed by atoms with Crippen molar-refractivity contribution < 1.29 is 17.9 Å². The molecule has 0 fully saturated rings. The van der Waals surface area contributed by atoms with Gasteiger partial charge in [0.2, 0.25) is 10.0 Å². The predicted molar refractivity (Wildman–Crippen MR) is 65.3 cm³/mol. The number of hydrogen-bond acceptors (Lipinski definition) is 4. The monoisotopic (exact) mass is 259 g/mol. The first-order valence-corrected chi connectivity index (χ1v) is 7.05. The Morgan fingerprint density at radius 3 is 2.41 bits per heavy atom. The van der Waals surface area contributed by atoms with E-state index in [0.717, 1.165) is 5.75 Å². The van der Waals surface area contributed by atoms with Crippen LogP contribution in [0.15, 0.2) is 30.3 Å². The van der Waals surface area contributed by atoms with E-state index in [4.69, 9.17) is 14.6 Å². The Kier molecular flexibility index (Phi) is 5.96. The standard InChI is InChI=1S/C11H17NO4S/c12-17(13,14)10-4-7-15-8-9-16-11-5-2-1-3-6-11/h1-3,5-6H,4,7-10H2,(H2,12,13,14). The van der Waals surface area contributed by atoms with Gasteiger partial charge in [0.25, 0.3) is 0 Å². The third-order valence-corrected chi connectivity index (χ3v) is 2.81. The molecule has 96 valence electrons. The summed E-state index contributed by atoms with van der Waals surface area (Å²) in [7, 11) is -3.37. The van der Waals surface area contributed by atoms with Gasteiger partial charge >= 0.3 is 0 Å². The molecule has 0 aliphatic carbocycles. The number of rotatable bonds is 8. The lowest BCUT2D eigenvalue weighted by Crippen LogP contribution is -2.18. The van der Waals surface area contributed by atoms with E-state index in [-0.39, 0.29) is 5.75 Å². The zero-order chi connectivity index (χ0) is 12.6. The molecule has 0 radical (unpaired) electrons. The zero-order valence-corrected chi connectivity index (χ0v) is 10.4. The van der Waals surface area contributed by atoms with Gasteiger partial charge in [-0.05, 0) is 18.6 Å². The van der Waals surface area contributed by atoms with Crippen molar-refractivity contribution in [2.75, 3.05) is 25.6 Å². The van der Waals surface area contributed by atoms with Gasteiger partial charge in [0.15, 0.2) is 0 Å². The summed E-state index contributed by atoms with van der Waals surface area (Å²) in [6.45, 7) is 1.24. The summed E-state index contributed by atoms with van der Waals surface area (Å²) in [5.74, 6) is 0.743. The molecule has 1 rings (SSSR count). The molecular weight excluding hydrogens is 242 g/mol. The molecule has 0 heterocycles. The van der Waals surface area contributed by atoms with Crippen molar-refractivity contribution >= 4 is 10.0 Å². The van der Waals surface area contributed by atoms with Gasteiger partial charge in [-0.3, -0.25) is 0 Å². The van der Waals surface area contributed by atoms with E-state index in [2.05, 4.69) is 0 Å². The molecule has 0 atom stereocenters. The van der Waals surface area contributed by atoms with Gasteiger partial charge in [0.05, 0.1) is 12.4 Å². The van der Waals surface area contributed by atoms with Crippen LogP contribution < -0.4 is 9.88 Å². The highest BCUT2D eigenvalue weighted by molar-refractivity contribution is 7.89. The van der Waals surface area contributed by atoms with Gasteiger partial charge in [-0.1, -0.05) is 18.2 Å². The van der Waals surface area contributed by atoms with Gasteiger partial charge in [0, 0.05) is 6.61 Å². The van der Waals surface area contributed by atoms with Crippen LogP contribution in [0, 0.1) is 0 Å². The van der Waals surface area contributed by atoms with Crippen LogP contribution in [-0.2, 0) is 14.8 Å². The lowest BCUT2D eigenvalue weighted by Gasteiger charge is -2.06. The smallest absolute Gasteiger partial charge is 0.209 e. The van der Waals surface area contributed by atoms with Crippen LogP contribution in [0.3, 0.4) is 0 Å². The lowest BCUT2D eigenvalue weighted by molar-refractivity contribution is 0.101. The Morgan fingerprint density at radius 1 is 1.06 bits per heavy atom. The third kappa shape index (κ3) is 7.73. The van der Waals surface area contributed by atoms with E-state index >= 15 is 0 Å². The molecule has 0 saturated carbocycles. The van der Waals surface area contributed by atoms with Crippen molar-refractivity contribution in [1.29, 1.82) is 0 Å². The number of primary sulfonamides is 1. The van der Waals surface area contributed by atoms with Crippen molar-refractivity contribution in [2.45, 2.75) is 6.42 Å². The number of hydrogen-bond donors (Lipinski definition) is 1. The summed E-state index contributed by atoms with van der Waals surface area (Å²) in [6.07, 6.45) is 0.407. The molecular formula is C11H17NO4S. The van der Waals surface area contributed by atoms with Crippen molar-refractivity contribution in [1.82, 2.24) is 0 Å². The quantitative estimate of drug-likeness (QED) is 0.699. The summed E-state index contributed by atoms with van der Waals surface area (Å²) < 4.78 is 31.8. The molecule has 5 nitrogen and oxygen atoms in total. The highest BCUT2D eigenvalue weighted by Crippen LogP contribution is 2.07. The second-order valence-corrected chi connectivity index (χ2v) is 5.23. The third-order valence-electron chi connectivity index (χ3n) is 1.96. The summed E-state index contributed by atoms with van der Waals surface area (Å²) in [5, 5.41) is 4.84. The van der Waals surface area contributed by atoms with Crippen LogP contribution in [0.4, 0.5) is 0 Å². The molecule has 0 aliphatic rings. The Labute approximate surface area is 102 Å². The molecule has 0 saturated heterocycles. The van der Waals surface area contributed by atoms with Gasteiger partial charge in [-0.15, -0.1) is 0 Å². The van der Waals surface area contributed by atoms with Crippen molar-refractivity contribution in [3.8, 4) is 5.75 Å². The number of para-hydroxylation sites is 1. The fourth-order valence-electron chi connectivity index (χ4n) is 1.20. The fraction of sp³-hybridized carbons (Fsp3) is 0.455. The summed E-state index contributed by atoms with van der Waals surface area (Å²) in [6, 6.07) is 9.42. The van der Waals surface area contributed by atoms with E-state index in [0.29, 0.717) is 26.2 Å². The van der Waals surface area contributed by atoms with E-state index in [1.165, 1.54) is 0 Å². The maximum atomic E-state index is 10.6. The number of benzene rings is 1. The maximum absolute atomic E-state index is 10.6. The highest BCUT2D eigenvalue weighted by Gasteiger charge is 2.01. The van der Waals surface area contributed by atoms with E-state index in [9.17, 15) is 8.42 Å². The minimum Gasteiger partial charge on any atom is -0.491 e. The van der Waals surface area contributed by atoms with E-state index < -0.39 is 10.0 Å². The minimum absolute atomic E-state index is 0.0491. The second kappa shape index (κ2) is 7.26. The molecule has 1 aromatic rings. The van der Waals surface area contributed by atoms with Crippen molar-refractivity contribution in [3.05, 3.63) is 30.3 Å². The molecule has 6 heteroatoms. The molecule has 0 aromatic heterocycles. The SMILES string of the molecule is NS(=O)(=O)CCCOCCOc1ccccc1. The molecule has 0 amide bonds. The Morgan fingerprint density at radius 2 is 1.76 bits per heavy atom. The fourth-order valence-corrected chi connectivity index (χ4v) is 1.72. The summed E-state index contributed by atoms with van der Waals surface area (Å²) in [4.78, 5) is 0. The summed E-state index contributed by atoms with van der Waals surface area (Å²) >= 11 is 0. The van der Waals surface area contributed by atoms with Gasteiger partial charge in [-0.2, -0.15) is 0 Å². The zero-order valence-electron chi connectivity index (χ0n) is 9.54. The minimum atomic E-state index is -3.37. The average Bonchev–Trinajstić information content (AvgIpc) is 2.28. The van der Waals surface area contributed by atoms with Crippen LogP contribution in [0.25, 0.3) is 0 Å². The Bertz CT molecular complexity index is 405. The van der Waals surface area contributed by atoms with Gasteiger partial charge in [-0.25, -0.2) is 13.6 Å². The average molecular weight is 259 g/mol. The van der Waals surface area contributed by atoms with Crippen LogP contribution in [0.2, 0.25) is 0 Å².